The van der Waals surface area contributed by atoms with Gasteiger partial charge in [0.1, 0.15) is 5.82 Å². The fourth-order valence-electron chi connectivity index (χ4n) is 4.66. The Morgan fingerprint density at radius 2 is 2.00 bits per heavy atom. The normalized spacial score (nSPS) is 19.4. The maximum Gasteiger partial charge on any atom is 0.316 e. The van der Waals surface area contributed by atoms with Gasteiger partial charge >= 0.3 is 5.97 Å². The van der Waals surface area contributed by atoms with E-state index in [1.807, 2.05) is 24.3 Å². The first-order valence-corrected chi connectivity index (χ1v) is 13.5. The fraction of sp³-hybridized carbons (Fsp3) is 0.423. The molecule has 1 aromatic heterocycles. The molecule has 36 heavy (non-hydrogen) atoms. The van der Waals surface area contributed by atoms with Gasteiger partial charge in [-0.1, -0.05) is 75.1 Å². The Bertz CT molecular complexity index is 1300. The van der Waals surface area contributed by atoms with Gasteiger partial charge in [-0.05, 0) is 28.9 Å². The van der Waals surface area contributed by atoms with Crippen molar-refractivity contribution in [3.8, 4) is 6.07 Å². The fourth-order valence-corrected chi connectivity index (χ4v) is 6.38. The largest absolute Gasteiger partial charge is 0.468 e. The highest BCUT2D eigenvalue weighted by Gasteiger charge is 2.45. The second-order valence-electron chi connectivity index (χ2n) is 10.0. The summed E-state index contributed by atoms with van der Waals surface area (Å²) in [5, 5.41) is 19.2. The number of hydrogen-bond donors (Lipinski definition) is 1. The van der Waals surface area contributed by atoms with E-state index in [0.717, 1.165) is 11.3 Å². The molecule has 0 bridgehead atoms. The summed E-state index contributed by atoms with van der Waals surface area (Å²) in [5.74, 6) is -0.167. The molecule has 0 radical (unpaired) electrons. The zero-order chi connectivity index (χ0) is 26.2. The molecule has 188 valence electrons. The van der Waals surface area contributed by atoms with Crippen molar-refractivity contribution in [2.45, 2.75) is 56.7 Å². The molecule has 10 heteroatoms. The van der Waals surface area contributed by atoms with Crippen molar-refractivity contribution >= 4 is 40.0 Å². The van der Waals surface area contributed by atoms with Crippen molar-refractivity contribution in [2.24, 2.45) is 11.1 Å². The van der Waals surface area contributed by atoms with E-state index in [0.29, 0.717) is 39.4 Å². The Morgan fingerprint density at radius 1 is 1.31 bits per heavy atom. The van der Waals surface area contributed by atoms with Crippen LogP contribution in [-0.2, 0) is 14.3 Å². The van der Waals surface area contributed by atoms with Crippen molar-refractivity contribution in [1.82, 2.24) is 10.2 Å². The molecule has 8 nitrogen and oxygen atoms in total. The van der Waals surface area contributed by atoms with E-state index in [1.165, 1.54) is 35.8 Å². The summed E-state index contributed by atoms with van der Waals surface area (Å²) in [4.78, 5) is 26.9. The van der Waals surface area contributed by atoms with Gasteiger partial charge in [0, 0.05) is 17.7 Å². The van der Waals surface area contributed by atoms with E-state index in [1.54, 1.807) is 4.90 Å². The summed E-state index contributed by atoms with van der Waals surface area (Å²) < 4.78 is 5.26. The maximum atomic E-state index is 13.6. The zero-order valence-corrected chi connectivity index (χ0v) is 22.6. The predicted molar refractivity (Wildman–Crippen MR) is 140 cm³/mol. The van der Waals surface area contributed by atoms with E-state index in [4.69, 9.17) is 10.5 Å². The maximum absolute atomic E-state index is 13.6. The van der Waals surface area contributed by atoms with Gasteiger partial charge in [0.05, 0.1) is 30.4 Å². The highest BCUT2D eigenvalue weighted by Crippen LogP contribution is 2.50. The van der Waals surface area contributed by atoms with Crippen molar-refractivity contribution in [3.63, 3.8) is 0 Å². The Hall–Kier alpha value is -3.16. The van der Waals surface area contributed by atoms with Crippen LogP contribution < -0.4 is 10.6 Å². The Kier molecular flexibility index (Phi) is 7.25. The number of thioether (sulfide) groups is 1. The zero-order valence-electron chi connectivity index (χ0n) is 21.0. The van der Waals surface area contributed by atoms with Gasteiger partial charge < -0.3 is 10.5 Å². The lowest BCUT2D eigenvalue weighted by Crippen LogP contribution is -2.42. The van der Waals surface area contributed by atoms with Crippen LogP contribution in [0.5, 0.6) is 0 Å². The molecule has 1 aliphatic heterocycles. The molecule has 1 aromatic carbocycles. The highest BCUT2D eigenvalue weighted by molar-refractivity contribution is 8.01. The van der Waals surface area contributed by atoms with Gasteiger partial charge in [-0.2, -0.15) is 5.26 Å². The number of aromatic nitrogens is 2. The van der Waals surface area contributed by atoms with Crippen LogP contribution in [0.2, 0.25) is 0 Å². The highest BCUT2D eigenvalue weighted by atomic mass is 32.2. The average molecular weight is 524 g/mol. The quantitative estimate of drug-likeness (QED) is 0.417. The lowest BCUT2D eigenvalue weighted by Gasteiger charge is -2.42. The second-order valence-corrected chi connectivity index (χ2v) is 12.2. The monoisotopic (exact) mass is 523 g/mol. The number of carbonyl (C=O) groups is 2. The molecule has 0 spiro atoms. The third-order valence-corrected chi connectivity index (χ3v) is 8.46. The topological polar surface area (TPSA) is 122 Å². The van der Waals surface area contributed by atoms with Crippen LogP contribution in [0, 0.1) is 16.7 Å². The number of rotatable bonds is 6. The minimum Gasteiger partial charge on any atom is -0.468 e. The van der Waals surface area contributed by atoms with Crippen LogP contribution in [0.4, 0.5) is 5.13 Å². The van der Waals surface area contributed by atoms with Crippen molar-refractivity contribution < 1.29 is 14.3 Å². The molecule has 0 amide bonds. The number of ether oxygens (including phenoxy) is 1. The number of hydrogen-bond acceptors (Lipinski definition) is 10. The van der Waals surface area contributed by atoms with Crippen LogP contribution >= 0.6 is 23.1 Å². The minimum absolute atomic E-state index is 0.00856. The summed E-state index contributed by atoms with van der Waals surface area (Å²) in [6.07, 6.45) is 0.980. The molecule has 2 aromatic rings. The molecule has 2 aliphatic rings. The van der Waals surface area contributed by atoms with E-state index in [2.05, 4.69) is 44.0 Å². The van der Waals surface area contributed by atoms with Crippen molar-refractivity contribution in [3.05, 3.63) is 58.1 Å². The molecule has 0 saturated heterocycles. The summed E-state index contributed by atoms with van der Waals surface area (Å²) in [6.45, 7) is 8.35. The first-order valence-electron chi connectivity index (χ1n) is 11.7. The third kappa shape index (κ3) is 4.90. The number of anilines is 1. The molecule has 1 unspecified atom stereocenters. The lowest BCUT2D eigenvalue weighted by atomic mass is 9.68. The summed E-state index contributed by atoms with van der Waals surface area (Å²) in [6, 6.07) is 10.4. The Balaban J connectivity index is 1.83. The average Bonchev–Trinajstić information content (AvgIpc) is 3.29. The van der Waals surface area contributed by atoms with Crippen LogP contribution in [0.15, 0.2) is 51.3 Å². The van der Waals surface area contributed by atoms with Gasteiger partial charge in [0.25, 0.3) is 0 Å². The number of methoxy groups -OCH3 is 1. The van der Waals surface area contributed by atoms with Gasteiger partial charge in [-0.25, -0.2) is 0 Å². The standard InChI is InChI=1S/C26H29N5O3S2/c1-14(2)15-6-8-16(9-7-15)21-17(12-27)23(28)31(18-10-26(3,4)11-19(32)22(18)21)24-29-30-25(36-24)35-13-20(33)34-5/h6-9,14,21H,10-11,13,28H2,1-5H3. The smallest absolute Gasteiger partial charge is 0.316 e. The van der Waals surface area contributed by atoms with Gasteiger partial charge in [-0.15, -0.1) is 10.2 Å². The number of allylic oxidation sites excluding steroid dienone is 3. The molecule has 2 heterocycles. The molecule has 1 aliphatic carbocycles. The molecule has 2 N–H and O–H groups in total. The van der Waals surface area contributed by atoms with E-state index < -0.39 is 5.92 Å². The van der Waals surface area contributed by atoms with Crippen LogP contribution in [-0.4, -0.2) is 34.8 Å². The van der Waals surface area contributed by atoms with Gasteiger partial charge in [0.15, 0.2) is 10.1 Å². The predicted octanol–water partition coefficient (Wildman–Crippen LogP) is 4.87. The number of Topliss-reactive ketones (excluding diaryl/α,β-unsaturated/α-hetero) is 1. The number of nitrogens with two attached hydrogens (primary N) is 1. The Labute approximate surface area is 219 Å². The molecule has 1 atom stereocenters. The van der Waals surface area contributed by atoms with Gasteiger partial charge in [-0.3, -0.25) is 14.5 Å². The molecule has 0 fully saturated rings. The van der Waals surface area contributed by atoms with Crippen molar-refractivity contribution in [2.75, 3.05) is 17.8 Å². The van der Waals surface area contributed by atoms with E-state index in [-0.39, 0.29) is 28.7 Å². The van der Waals surface area contributed by atoms with Crippen molar-refractivity contribution in [1.29, 1.82) is 5.26 Å². The first kappa shape index (κ1) is 25.9. The van der Waals surface area contributed by atoms with Crippen LogP contribution in [0.1, 0.15) is 63.5 Å². The lowest BCUT2D eigenvalue weighted by molar-refractivity contribution is -0.137. The minimum atomic E-state index is -0.535. The number of nitrogens with zero attached hydrogens (tertiary/aromatic N) is 4. The number of ketones is 1. The number of benzene rings is 1. The number of nitriles is 1. The number of esters is 1. The SMILES string of the molecule is COC(=O)CSc1nnc(N2C(N)=C(C#N)C(c3ccc(C(C)C)cc3)C3=C2CC(C)(C)CC3=O)s1. The summed E-state index contributed by atoms with van der Waals surface area (Å²) in [7, 11) is 1.33. The van der Waals surface area contributed by atoms with Crippen LogP contribution in [0.3, 0.4) is 0 Å². The molecular formula is C26H29N5O3S2. The summed E-state index contributed by atoms with van der Waals surface area (Å²) in [5.41, 5.74) is 10.1. The summed E-state index contributed by atoms with van der Waals surface area (Å²) >= 11 is 2.47. The molecular weight excluding hydrogens is 494 g/mol. The number of carbonyl (C=O) groups excluding carboxylic acids is 2. The van der Waals surface area contributed by atoms with E-state index >= 15 is 0 Å². The third-order valence-electron chi connectivity index (χ3n) is 6.45. The first-order chi connectivity index (χ1) is 17.1. The van der Waals surface area contributed by atoms with E-state index in [9.17, 15) is 14.9 Å². The molecule has 0 saturated carbocycles. The molecule has 4 rings (SSSR count). The Morgan fingerprint density at radius 3 is 2.61 bits per heavy atom. The van der Waals surface area contributed by atoms with Crippen LogP contribution in [0.25, 0.3) is 0 Å². The second kappa shape index (κ2) is 10.1. The van der Waals surface area contributed by atoms with Gasteiger partial charge in [0.2, 0.25) is 5.13 Å².